The van der Waals surface area contributed by atoms with Crippen molar-refractivity contribution in [2.75, 3.05) is 7.11 Å². The fourth-order valence-corrected chi connectivity index (χ4v) is 8.88. The Morgan fingerprint density at radius 1 is 0.460 bits per heavy atom. The van der Waals surface area contributed by atoms with E-state index in [-0.39, 0.29) is 0 Å². The van der Waals surface area contributed by atoms with Crippen molar-refractivity contribution in [2.45, 2.75) is 84.0 Å². The molecule has 0 fully saturated rings. The van der Waals surface area contributed by atoms with Gasteiger partial charge in [-0.2, -0.15) is 0 Å². The summed E-state index contributed by atoms with van der Waals surface area (Å²) in [5, 5.41) is 0. The number of rotatable bonds is 17. The minimum Gasteiger partial charge on any atom is -0.495 e. The van der Waals surface area contributed by atoms with E-state index in [0.717, 1.165) is 114 Å². The standard InChI is InChI=1S/C54H54N8O/c1-3-4-5-6-7-8-9-10-11-12-13-20-41-50(63-2)32-40(36-58-41)54-48-27-25-46(61-48)52(38-18-15-30-56-34-38)44-23-21-42(59-44)51(37-17-14-29-55-33-37)43-22-24-45(60-43)53(39-19-16-31-57-35-39)47-26-28-49(54)62-47/h14-19,21-36,59,62H,3-13,20H2,1-2H3. The summed E-state index contributed by atoms with van der Waals surface area (Å²) in [6.07, 6.45) is 36.6. The van der Waals surface area contributed by atoms with Crippen molar-refractivity contribution in [3.05, 3.63) is 139 Å². The summed E-state index contributed by atoms with van der Waals surface area (Å²) in [5.74, 6) is 0.788. The summed E-state index contributed by atoms with van der Waals surface area (Å²) < 4.78 is 6.07. The van der Waals surface area contributed by atoms with Gasteiger partial charge in [-0.1, -0.05) is 89.3 Å². The van der Waals surface area contributed by atoms with Crippen LogP contribution in [0, 0.1) is 0 Å². The minimum absolute atomic E-state index is 0.788. The highest BCUT2D eigenvalue weighted by Crippen LogP contribution is 2.39. The lowest BCUT2D eigenvalue weighted by Crippen LogP contribution is -1.98. The largest absolute Gasteiger partial charge is 0.495 e. The Morgan fingerprint density at radius 2 is 0.857 bits per heavy atom. The average Bonchev–Trinajstić information content (AvgIpc) is 4.18. The highest BCUT2D eigenvalue weighted by molar-refractivity contribution is 5.99. The Balaban J connectivity index is 1.19. The molecule has 9 heteroatoms. The third-order valence-electron chi connectivity index (χ3n) is 12.1. The molecule has 0 aliphatic carbocycles. The molecule has 2 aliphatic heterocycles. The summed E-state index contributed by atoms with van der Waals surface area (Å²) in [6, 6.07) is 22.7. The van der Waals surface area contributed by atoms with Crippen molar-refractivity contribution < 1.29 is 4.74 Å². The average molecular weight is 831 g/mol. The fraction of sp³-hybridized carbons (Fsp3) is 0.259. The number of aryl methyl sites for hydroxylation is 1. The molecule has 7 aromatic heterocycles. The van der Waals surface area contributed by atoms with Crippen LogP contribution >= 0.6 is 0 Å². The molecule has 0 radical (unpaired) electrons. The third-order valence-corrected chi connectivity index (χ3v) is 12.1. The summed E-state index contributed by atoms with van der Waals surface area (Å²) >= 11 is 0. The number of pyridine rings is 4. The van der Waals surface area contributed by atoms with E-state index in [0.29, 0.717) is 0 Å². The lowest BCUT2D eigenvalue weighted by molar-refractivity contribution is 0.406. The van der Waals surface area contributed by atoms with Gasteiger partial charge in [0.25, 0.3) is 0 Å². The van der Waals surface area contributed by atoms with Crippen molar-refractivity contribution in [3.8, 4) is 50.3 Å². The summed E-state index contributed by atoms with van der Waals surface area (Å²) in [4.78, 5) is 37.0. The van der Waals surface area contributed by atoms with Gasteiger partial charge in [0.1, 0.15) is 5.75 Å². The van der Waals surface area contributed by atoms with Crippen LogP contribution in [0.4, 0.5) is 0 Å². The van der Waals surface area contributed by atoms with E-state index in [2.05, 4.69) is 105 Å². The first-order valence-electron chi connectivity index (χ1n) is 22.6. The third kappa shape index (κ3) is 9.28. The van der Waals surface area contributed by atoms with E-state index >= 15 is 0 Å². The monoisotopic (exact) mass is 830 g/mol. The van der Waals surface area contributed by atoms with Crippen LogP contribution in [0.15, 0.2) is 110 Å². The van der Waals surface area contributed by atoms with Crippen LogP contribution in [0.5, 0.6) is 5.75 Å². The molecule has 316 valence electrons. The number of hydrogen-bond donors (Lipinski definition) is 2. The van der Waals surface area contributed by atoms with Crippen molar-refractivity contribution in [3.63, 3.8) is 0 Å². The predicted molar refractivity (Wildman–Crippen MR) is 258 cm³/mol. The molecule has 8 bridgehead atoms. The number of fused-ring (bicyclic) bond motifs is 8. The van der Waals surface area contributed by atoms with Crippen LogP contribution in [0.2, 0.25) is 0 Å². The Bertz CT molecular complexity index is 2860. The second-order valence-electron chi connectivity index (χ2n) is 16.4. The SMILES string of the molecule is CCCCCCCCCCCCCc1ncc(-c2c3nc(c(-c4cccnc4)c4ccc([nH]4)c(-c4cccnc4)c4nc(c(-c5cccnc5)c5ccc2[nH]5)C=C4)C=C3)cc1OC. The highest BCUT2D eigenvalue weighted by atomic mass is 16.5. The van der Waals surface area contributed by atoms with Gasteiger partial charge in [0.15, 0.2) is 0 Å². The van der Waals surface area contributed by atoms with Gasteiger partial charge >= 0.3 is 0 Å². The second kappa shape index (κ2) is 19.8. The lowest BCUT2D eigenvalue weighted by atomic mass is 10.0. The number of methoxy groups -OCH3 is 1. The van der Waals surface area contributed by atoms with Gasteiger partial charge in [-0.05, 0) is 85.7 Å². The molecule has 9 nitrogen and oxygen atoms in total. The maximum Gasteiger partial charge on any atom is 0.140 e. The van der Waals surface area contributed by atoms with Crippen LogP contribution in [0.25, 0.3) is 90.9 Å². The summed E-state index contributed by atoms with van der Waals surface area (Å²) in [6.45, 7) is 2.28. The topological polar surface area (TPSA) is 118 Å². The Hall–Kier alpha value is -7.00. The molecule has 9 rings (SSSR count). The molecule has 0 spiro atoms. The smallest absolute Gasteiger partial charge is 0.140 e. The van der Waals surface area contributed by atoms with Crippen LogP contribution < -0.4 is 4.74 Å². The van der Waals surface area contributed by atoms with Gasteiger partial charge in [0.2, 0.25) is 0 Å². The summed E-state index contributed by atoms with van der Waals surface area (Å²) in [5.41, 5.74) is 15.3. The molecule has 2 N–H and O–H groups in total. The van der Waals surface area contributed by atoms with Crippen molar-refractivity contribution in [2.24, 2.45) is 0 Å². The molecule has 0 aromatic carbocycles. The number of ether oxygens (including phenoxy) is 1. The molecule has 0 atom stereocenters. The van der Waals surface area contributed by atoms with E-state index in [4.69, 9.17) is 19.7 Å². The first kappa shape index (κ1) is 41.4. The van der Waals surface area contributed by atoms with Gasteiger partial charge in [-0.25, -0.2) is 9.97 Å². The van der Waals surface area contributed by atoms with Gasteiger partial charge in [-0.3, -0.25) is 19.9 Å². The molecular weight excluding hydrogens is 777 g/mol. The Kier molecular flexibility index (Phi) is 13.0. The highest BCUT2D eigenvalue weighted by Gasteiger charge is 2.20. The van der Waals surface area contributed by atoms with Gasteiger partial charge in [0, 0.05) is 110 Å². The number of unbranched alkanes of at least 4 members (excludes halogenated alkanes) is 10. The van der Waals surface area contributed by atoms with E-state index < -0.39 is 0 Å². The predicted octanol–water partition coefficient (Wildman–Crippen LogP) is 13.8. The number of aromatic amines is 2. The first-order valence-corrected chi connectivity index (χ1v) is 22.6. The maximum atomic E-state index is 6.07. The Labute approximate surface area is 369 Å². The summed E-state index contributed by atoms with van der Waals surface area (Å²) in [7, 11) is 1.74. The zero-order valence-corrected chi connectivity index (χ0v) is 36.3. The van der Waals surface area contributed by atoms with Crippen LogP contribution in [-0.2, 0) is 6.42 Å². The molecule has 9 heterocycles. The van der Waals surface area contributed by atoms with Crippen molar-refractivity contribution in [1.82, 2.24) is 39.9 Å². The van der Waals surface area contributed by atoms with Crippen LogP contribution in [0.1, 0.15) is 106 Å². The fourth-order valence-electron chi connectivity index (χ4n) is 8.88. The number of H-pyrrole nitrogens is 2. The molecule has 7 aromatic rings. The number of aromatic nitrogens is 8. The molecular formula is C54H54N8O. The zero-order valence-electron chi connectivity index (χ0n) is 36.3. The Morgan fingerprint density at radius 3 is 1.24 bits per heavy atom. The van der Waals surface area contributed by atoms with E-state index in [1.807, 2.05) is 43.0 Å². The number of nitrogens with one attached hydrogen (secondary N) is 2. The minimum atomic E-state index is 0.788. The van der Waals surface area contributed by atoms with Crippen molar-refractivity contribution in [1.29, 1.82) is 0 Å². The quantitative estimate of drug-likeness (QED) is 0.0877. The van der Waals surface area contributed by atoms with E-state index in [1.165, 1.54) is 64.2 Å². The number of nitrogens with zero attached hydrogens (tertiary/aromatic N) is 6. The zero-order chi connectivity index (χ0) is 42.8. The van der Waals surface area contributed by atoms with Gasteiger partial charge < -0.3 is 14.7 Å². The van der Waals surface area contributed by atoms with Gasteiger partial charge in [0.05, 0.1) is 35.6 Å². The molecule has 0 saturated carbocycles. The van der Waals surface area contributed by atoms with Crippen molar-refractivity contribution >= 4 is 46.4 Å². The normalized spacial score (nSPS) is 12.0. The maximum absolute atomic E-state index is 6.07. The second-order valence-corrected chi connectivity index (χ2v) is 16.4. The first-order chi connectivity index (χ1) is 31.2. The molecule has 0 saturated heterocycles. The molecule has 0 unspecified atom stereocenters. The van der Waals surface area contributed by atoms with Gasteiger partial charge in [-0.15, -0.1) is 0 Å². The molecule has 2 aliphatic rings. The van der Waals surface area contributed by atoms with E-state index in [9.17, 15) is 0 Å². The van der Waals surface area contributed by atoms with Crippen LogP contribution in [-0.4, -0.2) is 47.0 Å². The molecule has 0 amide bonds. The van der Waals surface area contributed by atoms with E-state index in [1.54, 1.807) is 25.7 Å². The lowest BCUT2D eigenvalue weighted by Gasteiger charge is -2.11. The number of hydrogen-bond acceptors (Lipinski definition) is 7. The van der Waals surface area contributed by atoms with Crippen LogP contribution in [0.3, 0.4) is 0 Å². The molecule has 63 heavy (non-hydrogen) atoms.